The Kier molecular flexibility index (Phi) is 12.9. The predicted octanol–water partition coefficient (Wildman–Crippen LogP) is 6.85. The Labute approximate surface area is 314 Å². The van der Waals surface area contributed by atoms with Gasteiger partial charge in [-0.3, -0.25) is 23.9 Å². The third kappa shape index (κ3) is 10.7. The first-order valence-corrected chi connectivity index (χ1v) is 19.5. The summed E-state index contributed by atoms with van der Waals surface area (Å²) >= 11 is 7.19. The Bertz CT molecular complexity index is 1650. The minimum absolute atomic E-state index is 0.0257. The smallest absolute Gasteiger partial charge is 0.417 e. The summed E-state index contributed by atoms with van der Waals surface area (Å²) in [4.78, 5) is 66.9. The van der Waals surface area contributed by atoms with Crippen molar-refractivity contribution < 1.29 is 33.1 Å². The Morgan fingerprint density at radius 1 is 1.02 bits per heavy atom. The topological polar surface area (TPSA) is 143 Å². The molecule has 1 aliphatic heterocycles. The monoisotopic (exact) mass is 756 g/mol. The zero-order valence-corrected chi connectivity index (χ0v) is 31.8. The summed E-state index contributed by atoms with van der Waals surface area (Å²) in [7, 11) is 0. The number of nitrogens with one attached hydrogen (secondary N) is 4. The molecule has 2 aromatic carbocycles. The number of ether oxygens (including phenoxy) is 1. The van der Waals surface area contributed by atoms with Crippen LogP contribution in [0.5, 0.6) is 0 Å². The number of rotatable bonds is 15. The highest BCUT2D eigenvalue weighted by Gasteiger charge is 2.42. The molecule has 3 aliphatic rings. The van der Waals surface area contributed by atoms with E-state index in [1.54, 1.807) is 30.3 Å². The molecule has 13 heteroatoms. The Balaban J connectivity index is 1.34. The number of halogens is 2. The lowest BCUT2D eigenvalue weighted by Gasteiger charge is -2.35. The van der Waals surface area contributed by atoms with Crippen molar-refractivity contribution in [2.45, 2.75) is 126 Å². The summed E-state index contributed by atoms with van der Waals surface area (Å²) in [5, 5.41) is 8.10. The number of ketones is 1. The van der Waals surface area contributed by atoms with Gasteiger partial charge in [0, 0.05) is 27.9 Å². The summed E-state index contributed by atoms with van der Waals surface area (Å²) < 4.78 is 23.2. The summed E-state index contributed by atoms with van der Waals surface area (Å²) in [5.41, 5.74) is -0.129. The molecule has 4 N–H and O–H groups in total. The molecule has 10 nitrogen and oxygen atoms in total. The zero-order chi connectivity index (χ0) is 37.6. The van der Waals surface area contributed by atoms with E-state index in [9.17, 15) is 28.4 Å². The van der Waals surface area contributed by atoms with E-state index in [4.69, 9.17) is 16.3 Å². The molecular weight excluding hydrogens is 707 g/mol. The normalized spacial score (nSPS) is 20.6. The summed E-state index contributed by atoms with van der Waals surface area (Å²) in [6, 6.07) is 11.7. The van der Waals surface area contributed by atoms with Crippen LogP contribution in [-0.4, -0.2) is 52.5 Å². The number of hydrogen-bond donors (Lipinski definition) is 4. The van der Waals surface area contributed by atoms with Gasteiger partial charge in [0.1, 0.15) is 17.2 Å². The first-order valence-electron chi connectivity index (χ1n) is 18.2. The van der Waals surface area contributed by atoms with Gasteiger partial charge in [0.25, 0.3) is 5.91 Å². The van der Waals surface area contributed by atoms with E-state index in [1.165, 1.54) is 12.1 Å². The van der Waals surface area contributed by atoms with Gasteiger partial charge in [0.2, 0.25) is 17.6 Å². The van der Waals surface area contributed by atoms with Crippen molar-refractivity contribution in [2.75, 3.05) is 0 Å². The van der Waals surface area contributed by atoms with Crippen LogP contribution in [0.3, 0.4) is 0 Å². The Morgan fingerprint density at radius 2 is 1.73 bits per heavy atom. The van der Waals surface area contributed by atoms with Crippen molar-refractivity contribution in [3.63, 3.8) is 0 Å². The molecule has 3 fully saturated rings. The molecule has 0 aromatic heterocycles. The molecule has 4 amide bonds. The van der Waals surface area contributed by atoms with Crippen molar-refractivity contribution in [2.24, 2.45) is 11.8 Å². The van der Waals surface area contributed by atoms with Crippen LogP contribution in [0.15, 0.2) is 48.5 Å². The van der Waals surface area contributed by atoms with Crippen molar-refractivity contribution in [1.82, 2.24) is 20.7 Å². The molecule has 1 saturated heterocycles. The fourth-order valence-corrected chi connectivity index (χ4v) is 8.36. The lowest BCUT2D eigenvalue weighted by Crippen LogP contribution is -2.51. The van der Waals surface area contributed by atoms with E-state index in [-0.39, 0.29) is 24.3 Å². The van der Waals surface area contributed by atoms with E-state index in [2.05, 4.69) is 20.7 Å². The van der Waals surface area contributed by atoms with Gasteiger partial charge >= 0.3 is 6.09 Å². The molecule has 2 aliphatic carbocycles. The number of hydrogen-bond acceptors (Lipinski definition) is 7. The maximum atomic E-state index is 14.5. The van der Waals surface area contributed by atoms with Crippen molar-refractivity contribution in [3.05, 3.63) is 70.5 Å². The van der Waals surface area contributed by atoms with Gasteiger partial charge in [-0.25, -0.2) is 9.18 Å². The summed E-state index contributed by atoms with van der Waals surface area (Å²) in [6.45, 7) is 7.51. The zero-order valence-electron chi connectivity index (χ0n) is 30.3. The average Bonchev–Trinajstić information content (AvgIpc) is 3.87. The molecule has 0 spiro atoms. The van der Waals surface area contributed by atoms with Crippen LogP contribution in [0.4, 0.5) is 9.18 Å². The fraction of sp³-hybridized carbons (Fsp3) is 0.564. The van der Waals surface area contributed by atoms with Crippen LogP contribution < -0.4 is 20.7 Å². The van der Waals surface area contributed by atoms with Gasteiger partial charge in [-0.2, -0.15) is 0 Å². The SMILES string of the molecule is CC1(C)CC(CC(NC(=O)[C@H](CC2CCCCC2)SNC(=O)OC(c2cccc(F)c2)C(C)(C)c2cccc(Cl)c2)C(=O)C(=O)NC2CC2)C(=O)N1. The standard InChI is InChI=1S/C39H50ClFN4O6S/c1-38(2)22-25(34(47)44-38)20-30(32(46)36(49)42-29-16-17-29)43-35(48)31(18-23-10-6-5-7-11-23)52-45-37(50)51-33(24-12-8-15-28(41)19-24)39(3,4)26-13-9-14-27(40)21-26/h8-9,12-15,19,21,23,25,29-31,33H,5-7,10-11,16-18,20,22H2,1-4H3,(H,42,49)(H,43,48)(H,44,47)(H,45,50)/t25?,30?,31-,33?/m0/s1. The van der Waals surface area contributed by atoms with Gasteiger partial charge in [-0.05, 0) is 99.2 Å². The van der Waals surface area contributed by atoms with E-state index >= 15 is 0 Å². The molecular formula is C39H50ClFN4O6S. The molecule has 2 saturated carbocycles. The molecule has 1 heterocycles. The van der Waals surface area contributed by atoms with Gasteiger partial charge in [-0.15, -0.1) is 0 Å². The minimum Gasteiger partial charge on any atom is -0.440 e. The summed E-state index contributed by atoms with van der Waals surface area (Å²) in [6.07, 6.45) is 5.65. The predicted molar refractivity (Wildman–Crippen MR) is 199 cm³/mol. The molecule has 2 aromatic rings. The fourth-order valence-electron chi connectivity index (χ4n) is 7.34. The van der Waals surface area contributed by atoms with Gasteiger partial charge < -0.3 is 20.7 Å². The first-order chi connectivity index (χ1) is 24.6. The quantitative estimate of drug-likeness (QED) is 0.115. The molecule has 5 rings (SSSR count). The Hall–Kier alpha value is -3.64. The maximum absolute atomic E-state index is 14.5. The Morgan fingerprint density at radius 3 is 2.37 bits per heavy atom. The van der Waals surface area contributed by atoms with Crippen molar-refractivity contribution in [1.29, 1.82) is 0 Å². The van der Waals surface area contributed by atoms with Crippen molar-refractivity contribution >= 4 is 53.1 Å². The highest BCUT2D eigenvalue weighted by Crippen LogP contribution is 2.41. The largest absolute Gasteiger partial charge is 0.440 e. The highest BCUT2D eigenvalue weighted by molar-refractivity contribution is 7.99. The van der Waals surface area contributed by atoms with E-state index in [0.29, 0.717) is 23.4 Å². The number of carbonyl (C=O) groups is 5. The van der Waals surface area contributed by atoms with Crippen LogP contribution in [0.2, 0.25) is 5.02 Å². The van der Waals surface area contributed by atoms with Crippen LogP contribution in [0.1, 0.15) is 109 Å². The highest BCUT2D eigenvalue weighted by atomic mass is 35.5. The molecule has 4 atom stereocenters. The van der Waals surface area contributed by atoms with Gasteiger partial charge in [0.15, 0.2) is 0 Å². The van der Waals surface area contributed by atoms with Crippen LogP contribution >= 0.6 is 23.5 Å². The third-order valence-electron chi connectivity index (χ3n) is 10.3. The second-order valence-electron chi connectivity index (χ2n) is 15.7. The van der Waals surface area contributed by atoms with E-state index < -0.39 is 63.8 Å². The van der Waals surface area contributed by atoms with Crippen LogP contribution in [0, 0.1) is 17.7 Å². The van der Waals surface area contributed by atoms with Crippen LogP contribution in [0.25, 0.3) is 0 Å². The minimum atomic E-state index is -1.23. The molecule has 3 unspecified atom stereocenters. The van der Waals surface area contributed by atoms with E-state index in [1.807, 2.05) is 33.8 Å². The maximum Gasteiger partial charge on any atom is 0.417 e. The third-order valence-corrected chi connectivity index (χ3v) is 11.5. The first kappa shape index (κ1) is 39.6. The number of amides is 4. The second-order valence-corrected chi connectivity index (χ2v) is 17.1. The van der Waals surface area contributed by atoms with Gasteiger partial charge in [-0.1, -0.05) is 81.8 Å². The van der Waals surface area contributed by atoms with Crippen LogP contribution in [-0.2, 0) is 29.3 Å². The molecule has 52 heavy (non-hydrogen) atoms. The average molecular weight is 757 g/mol. The number of carbonyl (C=O) groups excluding carboxylic acids is 5. The lowest BCUT2D eigenvalue weighted by molar-refractivity contribution is -0.140. The molecule has 0 bridgehead atoms. The van der Waals surface area contributed by atoms with Gasteiger partial charge in [0.05, 0.1) is 6.04 Å². The second kappa shape index (κ2) is 17.0. The van der Waals surface area contributed by atoms with E-state index in [0.717, 1.165) is 62.5 Å². The lowest BCUT2D eigenvalue weighted by atomic mass is 9.76. The number of benzene rings is 2. The molecule has 0 radical (unpaired) electrons. The van der Waals surface area contributed by atoms with Crippen molar-refractivity contribution in [3.8, 4) is 0 Å². The number of Topliss-reactive ketones (excluding diaryl/α,β-unsaturated/α-hetero) is 1. The molecule has 282 valence electrons. The summed E-state index contributed by atoms with van der Waals surface area (Å²) in [5.74, 6) is -3.18.